The van der Waals surface area contributed by atoms with Gasteiger partial charge >= 0.3 is 0 Å². The molecule has 16 heavy (non-hydrogen) atoms. The molecule has 3 N–H and O–H groups in total. The molecule has 0 aliphatic heterocycles. The van der Waals surface area contributed by atoms with E-state index in [9.17, 15) is 4.79 Å². The summed E-state index contributed by atoms with van der Waals surface area (Å²) in [6, 6.07) is 2.05. The van der Waals surface area contributed by atoms with Crippen molar-refractivity contribution in [2.45, 2.75) is 18.9 Å². The number of amides is 1. The first-order valence-corrected chi connectivity index (χ1v) is 5.41. The Hall–Kier alpha value is -1.62. The van der Waals surface area contributed by atoms with E-state index in [4.69, 9.17) is 5.11 Å². The van der Waals surface area contributed by atoms with Crippen molar-refractivity contribution in [1.82, 2.24) is 15.6 Å². The molecule has 1 aromatic heterocycles. The summed E-state index contributed by atoms with van der Waals surface area (Å²) in [4.78, 5) is 15.3. The van der Waals surface area contributed by atoms with Crippen molar-refractivity contribution in [3.8, 4) is 5.75 Å². The molecule has 0 saturated heterocycles. The van der Waals surface area contributed by atoms with Gasteiger partial charge in [-0.2, -0.15) is 0 Å². The fourth-order valence-electron chi connectivity index (χ4n) is 1.39. The van der Waals surface area contributed by atoms with E-state index in [-0.39, 0.29) is 11.7 Å². The zero-order valence-electron chi connectivity index (χ0n) is 8.94. The molecule has 0 spiro atoms. The highest BCUT2D eigenvalue weighted by atomic mass is 16.3. The van der Waals surface area contributed by atoms with Gasteiger partial charge in [0.15, 0.2) is 0 Å². The summed E-state index contributed by atoms with van der Waals surface area (Å²) in [5.41, 5.74) is 0.381. The van der Waals surface area contributed by atoms with Gasteiger partial charge in [0.1, 0.15) is 5.75 Å². The predicted molar refractivity (Wildman–Crippen MR) is 59.3 cm³/mol. The third-order valence-corrected chi connectivity index (χ3v) is 2.41. The fourth-order valence-corrected chi connectivity index (χ4v) is 1.39. The van der Waals surface area contributed by atoms with E-state index in [1.54, 1.807) is 0 Å². The van der Waals surface area contributed by atoms with E-state index in [1.807, 2.05) is 0 Å². The highest BCUT2D eigenvalue weighted by Gasteiger charge is 2.19. The molecule has 5 heteroatoms. The maximum atomic E-state index is 11.6. The van der Waals surface area contributed by atoms with Gasteiger partial charge in [0.25, 0.3) is 5.91 Å². The summed E-state index contributed by atoms with van der Waals surface area (Å²) in [6.45, 7) is 1.37. The van der Waals surface area contributed by atoms with Crippen LogP contribution < -0.4 is 10.6 Å². The lowest BCUT2D eigenvalue weighted by atomic mass is 10.2. The number of aromatic hydroxyl groups is 1. The summed E-state index contributed by atoms with van der Waals surface area (Å²) in [5.74, 6) is -0.204. The second-order valence-corrected chi connectivity index (χ2v) is 3.92. The average molecular weight is 221 g/mol. The van der Waals surface area contributed by atoms with Crippen molar-refractivity contribution >= 4 is 5.91 Å². The minimum atomic E-state index is -0.207. The monoisotopic (exact) mass is 221 g/mol. The van der Waals surface area contributed by atoms with Crippen LogP contribution in [0.25, 0.3) is 0 Å². The molecule has 2 rings (SSSR count). The first-order chi connectivity index (χ1) is 7.75. The van der Waals surface area contributed by atoms with Gasteiger partial charge in [-0.15, -0.1) is 0 Å². The van der Waals surface area contributed by atoms with Gasteiger partial charge in [-0.1, -0.05) is 0 Å². The van der Waals surface area contributed by atoms with Crippen LogP contribution >= 0.6 is 0 Å². The van der Waals surface area contributed by atoms with Gasteiger partial charge in [-0.25, -0.2) is 0 Å². The highest BCUT2D eigenvalue weighted by molar-refractivity contribution is 5.94. The Morgan fingerprint density at radius 2 is 2.25 bits per heavy atom. The number of pyridine rings is 1. The van der Waals surface area contributed by atoms with E-state index in [1.165, 1.54) is 31.3 Å². The molecule has 0 atom stereocenters. The maximum Gasteiger partial charge on any atom is 0.253 e. The smallest absolute Gasteiger partial charge is 0.253 e. The van der Waals surface area contributed by atoms with Gasteiger partial charge in [-0.05, 0) is 18.9 Å². The number of rotatable bonds is 5. The highest BCUT2D eigenvalue weighted by Crippen LogP contribution is 2.17. The van der Waals surface area contributed by atoms with Crippen molar-refractivity contribution in [3.63, 3.8) is 0 Å². The minimum Gasteiger partial charge on any atom is -0.506 e. The normalized spacial score (nSPS) is 14.8. The number of nitrogens with one attached hydrogen (secondary N) is 2. The zero-order valence-corrected chi connectivity index (χ0v) is 8.94. The van der Waals surface area contributed by atoms with E-state index in [0.717, 1.165) is 6.54 Å². The molecule has 1 aromatic rings. The third-order valence-electron chi connectivity index (χ3n) is 2.41. The fraction of sp³-hybridized carbons (Fsp3) is 0.455. The summed E-state index contributed by atoms with van der Waals surface area (Å²) in [5, 5.41) is 15.2. The zero-order chi connectivity index (χ0) is 11.4. The molecule has 0 radical (unpaired) electrons. The van der Waals surface area contributed by atoms with Gasteiger partial charge in [-0.3, -0.25) is 9.78 Å². The molecular formula is C11H15N3O2. The van der Waals surface area contributed by atoms with Crippen molar-refractivity contribution in [2.75, 3.05) is 13.1 Å². The number of hydrogen-bond acceptors (Lipinski definition) is 4. The van der Waals surface area contributed by atoms with E-state index >= 15 is 0 Å². The summed E-state index contributed by atoms with van der Waals surface area (Å²) in [7, 11) is 0. The first-order valence-electron chi connectivity index (χ1n) is 5.41. The molecule has 0 unspecified atom stereocenters. The maximum absolute atomic E-state index is 11.6. The minimum absolute atomic E-state index is 0.00348. The van der Waals surface area contributed by atoms with E-state index < -0.39 is 0 Å². The molecule has 86 valence electrons. The number of nitrogens with zero attached hydrogens (tertiary/aromatic N) is 1. The summed E-state index contributed by atoms with van der Waals surface area (Å²) >= 11 is 0. The van der Waals surface area contributed by atoms with E-state index in [0.29, 0.717) is 18.2 Å². The third kappa shape index (κ3) is 3.20. The lowest BCUT2D eigenvalue weighted by Gasteiger charge is -2.05. The van der Waals surface area contributed by atoms with Crippen LogP contribution in [0.1, 0.15) is 23.2 Å². The van der Waals surface area contributed by atoms with Crippen LogP contribution in [0.15, 0.2) is 18.5 Å². The molecule has 5 nitrogen and oxygen atoms in total. The Bertz CT molecular complexity index is 377. The molecule has 1 aliphatic rings. The molecule has 1 saturated carbocycles. The van der Waals surface area contributed by atoms with Crippen molar-refractivity contribution in [2.24, 2.45) is 0 Å². The Morgan fingerprint density at radius 3 is 2.94 bits per heavy atom. The van der Waals surface area contributed by atoms with Gasteiger partial charge in [0.2, 0.25) is 0 Å². The number of aromatic nitrogens is 1. The first kappa shape index (κ1) is 10.9. The molecule has 1 heterocycles. The molecule has 0 aromatic carbocycles. The van der Waals surface area contributed by atoms with Crippen molar-refractivity contribution in [1.29, 1.82) is 0 Å². The van der Waals surface area contributed by atoms with Crippen molar-refractivity contribution < 1.29 is 9.90 Å². The summed E-state index contributed by atoms with van der Waals surface area (Å²) in [6.07, 6.45) is 5.21. The van der Waals surface area contributed by atoms with Crippen LogP contribution in [0.4, 0.5) is 0 Å². The lowest BCUT2D eigenvalue weighted by Crippen LogP contribution is -2.32. The molecular weight excluding hydrogens is 206 g/mol. The van der Waals surface area contributed by atoms with Gasteiger partial charge in [0, 0.05) is 25.3 Å². The molecule has 1 amide bonds. The lowest BCUT2D eigenvalue weighted by molar-refractivity contribution is 0.0953. The van der Waals surface area contributed by atoms with Gasteiger partial charge in [0.05, 0.1) is 11.8 Å². The van der Waals surface area contributed by atoms with Crippen LogP contribution in [0.2, 0.25) is 0 Å². The number of hydrogen-bond donors (Lipinski definition) is 3. The van der Waals surface area contributed by atoms with Crippen LogP contribution in [-0.2, 0) is 0 Å². The largest absolute Gasteiger partial charge is 0.506 e. The van der Waals surface area contributed by atoms with Crippen LogP contribution in [0.5, 0.6) is 5.75 Å². The number of carbonyl (C=O) groups excluding carboxylic acids is 1. The molecule has 1 aliphatic carbocycles. The van der Waals surface area contributed by atoms with Crippen LogP contribution in [-0.4, -0.2) is 35.1 Å². The Balaban J connectivity index is 1.73. The van der Waals surface area contributed by atoms with Crippen LogP contribution in [0.3, 0.4) is 0 Å². The molecule has 1 fully saturated rings. The van der Waals surface area contributed by atoms with Gasteiger partial charge < -0.3 is 15.7 Å². The van der Waals surface area contributed by atoms with Crippen molar-refractivity contribution in [3.05, 3.63) is 24.0 Å². The van der Waals surface area contributed by atoms with E-state index in [2.05, 4.69) is 15.6 Å². The second-order valence-electron chi connectivity index (χ2n) is 3.92. The Morgan fingerprint density at radius 1 is 1.44 bits per heavy atom. The average Bonchev–Trinajstić information content (AvgIpc) is 3.08. The SMILES string of the molecule is O=C(NCCNC1CC1)c1cncc(O)c1. The Labute approximate surface area is 93.9 Å². The quantitative estimate of drug-likeness (QED) is 0.624. The summed E-state index contributed by atoms with van der Waals surface area (Å²) < 4.78 is 0. The second kappa shape index (κ2) is 4.94. The molecule has 0 bridgehead atoms. The number of carbonyl (C=O) groups is 1. The topological polar surface area (TPSA) is 74.2 Å². The van der Waals surface area contributed by atoms with Crippen LogP contribution in [0, 0.1) is 0 Å². The Kier molecular flexibility index (Phi) is 3.36. The standard InChI is InChI=1S/C11H15N3O2/c15-10-5-8(6-12-7-10)11(16)14-4-3-13-9-1-2-9/h5-7,9,13,15H,1-4H2,(H,14,16). The predicted octanol–water partition coefficient (Wildman–Crippen LogP) is 0.269.